The molecule has 0 atom stereocenters. The largest absolute Gasteiger partial charge is 0.312 e. The monoisotopic (exact) mass is 183 g/mol. The van der Waals surface area contributed by atoms with Crippen molar-refractivity contribution in [1.29, 1.82) is 0 Å². The summed E-state index contributed by atoms with van der Waals surface area (Å²) in [5.41, 5.74) is 3.01. The Morgan fingerprint density at radius 1 is 1.00 bits per heavy atom. The van der Waals surface area contributed by atoms with Crippen molar-refractivity contribution in [2.24, 2.45) is 0 Å². The smallest absolute Gasteiger partial charge is 0.0214 e. The van der Waals surface area contributed by atoms with Crippen LogP contribution in [0.4, 0.5) is 0 Å². The van der Waals surface area contributed by atoms with Crippen LogP contribution in [0, 0.1) is 0 Å². The third-order valence-corrected chi connectivity index (χ3v) is 3.01. The highest BCUT2D eigenvalue weighted by atomic mass is 14.9. The first-order chi connectivity index (χ1) is 6.95. The summed E-state index contributed by atoms with van der Waals surface area (Å²) in [5.74, 6) is 0. The minimum absolute atomic E-state index is 1.02. The molecule has 1 N–H and O–H groups in total. The first-order valence-corrected chi connectivity index (χ1v) is 5.15. The van der Waals surface area contributed by atoms with Gasteiger partial charge in [0.1, 0.15) is 0 Å². The standard InChI is InChI=1S/C13H13N/c1-2-4-12-10(3-1)5-6-11-7-8-14-9-13(11)12/h1-6,14H,7-9H2. The minimum atomic E-state index is 1.02. The number of rotatable bonds is 0. The van der Waals surface area contributed by atoms with Crippen LogP contribution < -0.4 is 5.32 Å². The highest BCUT2D eigenvalue weighted by molar-refractivity contribution is 5.86. The Morgan fingerprint density at radius 2 is 1.93 bits per heavy atom. The van der Waals surface area contributed by atoms with E-state index in [2.05, 4.69) is 41.7 Å². The van der Waals surface area contributed by atoms with Gasteiger partial charge in [-0.25, -0.2) is 0 Å². The molecule has 0 unspecified atom stereocenters. The van der Waals surface area contributed by atoms with Crippen molar-refractivity contribution in [2.75, 3.05) is 6.54 Å². The fourth-order valence-corrected chi connectivity index (χ4v) is 2.26. The van der Waals surface area contributed by atoms with Gasteiger partial charge in [-0.05, 0) is 34.9 Å². The summed E-state index contributed by atoms with van der Waals surface area (Å²) in [6.45, 7) is 2.14. The number of benzene rings is 2. The summed E-state index contributed by atoms with van der Waals surface area (Å²) >= 11 is 0. The van der Waals surface area contributed by atoms with Gasteiger partial charge in [0.25, 0.3) is 0 Å². The van der Waals surface area contributed by atoms with Crippen LogP contribution in [0.25, 0.3) is 10.8 Å². The molecule has 2 aromatic carbocycles. The number of fused-ring (bicyclic) bond motifs is 3. The van der Waals surface area contributed by atoms with Crippen LogP contribution in [0.1, 0.15) is 11.1 Å². The van der Waals surface area contributed by atoms with Crippen LogP contribution in [0.2, 0.25) is 0 Å². The Hall–Kier alpha value is -1.34. The van der Waals surface area contributed by atoms with Crippen LogP contribution in [-0.2, 0) is 13.0 Å². The van der Waals surface area contributed by atoms with Gasteiger partial charge in [0.2, 0.25) is 0 Å². The van der Waals surface area contributed by atoms with Gasteiger partial charge in [0, 0.05) is 6.54 Å². The highest BCUT2D eigenvalue weighted by Gasteiger charge is 2.10. The summed E-state index contributed by atoms with van der Waals surface area (Å²) in [4.78, 5) is 0. The molecule has 0 aromatic heterocycles. The van der Waals surface area contributed by atoms with Crippen molar-refractivity contribution in [3.8, 4) is 0 Å². The Labute approximate surface area is 83.8 Å². The molecule has 70 valence electrons. The summed E-state index contributed by atoms with van der Waals surface area (Å²) in [5, 5.41) is 6.20. The SMILES string of the molecule is c1ccc2c3c(ccc2c1)CCNC3. The van der Waals surface area contributed by atoms with E-state index < -0.39 is 0 Å². The van der Waals surface area contributed by atoms with Gasteiger partial charge in [-0.3, -0.25) is 0 Å². The third kappa shape index (κ3) is 1.13. The van der Waals surface area contributed by atoms with E-state index in [0.717, 1.165) is 13.1 Å². The zero-order valence-corrected chi connectivity index (χ0v) is 8.09. The summed E-state index contributed by atoms with van der Waals surface area (Å²) < 4.78 is 0. The van der Waals surface area contributed by atoms with Crippen molar-refractivity contribution in [2.45, 2.75) is 13.0 Å². The molecule has 0 fully saturated rings. The van der Waals surface area contributed by atoms with E-state index in [1.807, 2.05) is 0 Å². The normalized spacial score (nSPS) is 15.4. The predicted octanol–water partition coefficient (Wildman–Crippen LogP) is 2.49. The van der Waals surface area contributed by atoms with E-state index in [-0.39, 0.29) is 0 Å². The van der Waals surface area contributed by atoms with Gasteiger partial charge in [-0.15, -0.1) is 0 Å². The molecule has 0 saturated heterocycles. The molecular weight excluding hydrogens is 170 g/mol. The summed E-state index contributed by atoms with van der Waals surface area (Å²) in [7, 11) is 0. The molecule has 0 radical (unpaired) electrons. The molecule has 1 heterocycles. The van der Waals surface area contributed by atoms with Crippen molar-refractivity contribution < 1.29 is 0 Å². The van der Waals surface area contributed by atoms with Gasteiger partial charge in [0.15, 0.2) is 0 Å². The topological polar surface area (TPSA) is 12.0 Å². The molecule has 0 bridgehead atoms. The molecule has 1 heteroatoms. The average molecular weight is 183 g/mol. The Morgan fingerprint density at radius 3 is 2.93 bits per heavy atom. The second-order valence-corrected chi connectivity index (χ2v) is 3.85. The van der Waals surface area contributed by atoms with Gasteiger partial charge in [-0.2, -0.15) is 0 Å². The van der Waals surface area contributed by atoms with Crippen LogP contribution in [0.3, 0.4) is 0 Å². The Bertz CT molecular complexity index is 474. The Balaban J connectivity index is 2.34. The van der Waals surface area contributed by atoms with Crippen molar-refractivity contribution in [3.05, 3.63) is 47.5 Å². The lowest BCUT2D eigenvalue weighted by Crippen LogP contribution is -2.23. The van der Waals surface area contributed by atoms with Crippen molar-refractivity contribution in [3.63, 3.8) is 0 Å². The van der Waals surface area contributed by atoms with Crippen molar-refractivity contribution in [1.82, 2.24) is 5.32 Å². The second kappa shape index (κ2) is 3.10. The van der Waals surface area contributed by atoms with Crippen LogP contribution in [0.5, 0.6) is 0 Å². The molecule has 1 aliphatic heterocycles. The van der Waals surface area contributed by atoms with Crippen LogP contribution in [0.15, 0.2) is 36.4 Å². The molecule has 2 aromatic rings. The molecule has 1 aliphatic rings. The van der Waals surface area contributed by atoms with Crippen LogP contribution >= 0.6 is 0 Å². The molecular formula is C13H13N. The zero-order chi connectivity index (χ0) is 9.38. The number of nitrogens with one attached hydrogen (secondary N) is 1. The van der Waals surface area contributed by atoms with Crippen molar-refractivity contribution >= 4 is 10.8 Å². The zero-order valence-electron chi connectivity index (χ0n) is 8.09. The van der Waals surface area contributed by atoms with E-state index in [4.69, 9.17) is 0 Å². The lowest BCUT2D eigenvalue weighted by atomic mass is 9.95. The third-order valence-electron chi connectivity index (χ3n) is 3.01. The predicted molar refractivity (Wildman–Crippen MR) is 59.4 cm³/mol. The summed E-state index contributed by atoms with van der Waals surface area (Å²) in [6, 6.07) is 13.1. The lowest BCUT2D eigenvalue weighted by Gasteiger charge is -2.18. The maximum atomic E-state index is 3.43. The second-order valence-electron chi connectivity index (χ2n) is 3.85. The molecule has 0 spiro atoms. The fourth-order valence-electron chi connectivity index (χ4n) is 2.26. The van der Waals surface area contributed by atoms with Gasteiger partial charge >= 0.3 is 0 Å². The van der Waals surface area contributed by atoms with E-state index in [1.165, 1.54) is 28.3 Å². The maximum Gasteiger partial charge on any atom is 0.0214 e. The molecule has 3 rings (SSSR count). The molecule has 1 nitrogen and oxygen atoms in total. The van der Waals surface area contributed by atoms with Gasteiger partial charge < -0.3 is 5.32 Å². The maximum absolute atomic E-state index is 3.43. The van der Waals surface area contributed by atoms with E-state index in [1.54, 1.807) is 0 Å². The minimum Gasteiger partial charge on any atom is -0.312 e. The molecule has 0 saturated carbocycles. The van der Waals surface area contributed by atoms with Gasteiger partial charge in [-0.1, -0.05) is 36.4 Å². The highest BCUT2D eigenvalue weighted by Crippen LogP contribution is 2.24. The first-order valence-electron chi connectivity index (χ1n) is 5.15. The first kappa shape index (κ1) is 8.01. The van der Waals surface area contributed by atoms with E-state index in [9.17, 15) is 0 Å². The van der Waals surface area contributed by atoms with E-state index in [0.29, 0.717) is 0 Å². The lowest BCUT2D eigenvalue weighted by molar-refractivity contribution is 0.648. The quantitative estimate of drug-likeness (QED) is 0.661. The molecule has 0 aliphatic carbocycles. The van der Waals surface area contributed by atoms with E-state index >= 15 is 0 Å². The number of hydrogen-bond acceptors (Lipinski definition) is 1. The molecule has 0 amide bonds. The van der Waals surface area contributed by atoms with Gasteiger partial charge in [0.05, 0.1) is 0 Å². The fraction of sp³-hybridized carbons (Fsp3) is 0.231. The molecule has 14 heavy (non-hydrogen) atoms. The Kier molecular flexibility index (Phi) is 1.78. The number of hydrogen-bond donors (Lipinski definition) is 1. The van der Waals surface area contributed by atoms with Crippen LogP contribution in [-0.4, -0.2) is 6.54 Å². The average Bonchev–Trinajstić information content (AvgIpc) is 2.29. The summed E-state index contributed by atoms with van der Waals surface area (Å²) in [6.07, 6.45) is 1.17.